The van der Waals surface area contributed by atoms with E-state index in [4.69, 9.17) is 4.74 Å². The number of hydrogen-bond donors (Lipinski definition) is 3. The van der Waals surface area contributed by atoms with Gasteiger partial charge in [0.25, 0.3) is 11.8 Å². The highest BCUT2D eigenvalue weighted by Gasteiger charge is 2.19. The smallest absolute Gasteiger partial charge is 0.350 e. The van der Waals surface area contributed by atoms with E-state index in [1.807, 2.05) is 31.1 Å². The molecule has 3 aromatic heterocycles. The van der Waals surface area contributed by atoms with E-state index >= 15 is 0 Å². The molecule has 1 aromatic carbocycles. The molecule has 4 rings (SSSR count). The monoisotopic (exact) mass is 619 g/mol. The van der Waals surface area contributed by atoms with Crippen LogP contribution in [0.25, 0.3) is 10.6 Å². The van der Waals surface area contributed by atoms with Crippen LogP contribution in [0.15, 0.2) is 48.8 Å². The SMILES string of the molecule is CCOC(=O)c1sc(-c2ccc(NC(=O)c3cc(NC(=O)c4cc(NC(=O)CCCN(C)C)cn4C)cn3C)cc2)nc1C. The molecule has 13 heteroatoms. The van der Waals surface area contributed by atoms with Crippen LogP contribution in [0.5, 0.6) is 0 Å². The molecule has 3 N–H and O–H groups in total. The summed E-state index contributed by atoms with van der Waals surface area (Å²) in [6.45, 7) is 4.63. The third-order valence-electron chi connectivity index (χ3n) is 6.67. The number of aromatic nitrogens is 3. The van der Waals surface area contributed by atoms with Gasteiger partial charge in [-0.25, -0.2) is 9.78 Å². The normalized spacial score (nSPS) is 11.0. The van der Waals surface area contributed by atoms with Gasteiger partial charge in [-0.3, -0.25) is 14.4 Å². The number of rotatable bonds is 12. The molecule has 0 aliphatic rings. The van der Waals surface area contributed by atoms with E-state index in [9.17, 15) is 19.2 Å². The molecule has 0 unspecified atom stereocenters. The number of anilines is 3. The number of nitrogens with zero attached hydrogens (tertiary/aromatic N) is 4. The maximum atomic E-state index is 13.1. The average Bonchev–Trinajstić information content (AvgIpc) is 3.64. The van der Waals surface area contributed by atoms with Crippen LogP contribution in [0.4, 0.5) is 17.1 Å². The van der Waals surface area contributed by atoms with Crippen molar-refractivity contribution in [3.63, 3.8) is 0 Å². The molecular formula is C31H37N7O5S. The Morgan fingerprint density at radius 1 is 0.886 bits per heavy atom. The molecule has 0 atom stereocenters. The minimum atomic E-state index is -0.390. The Balaban J connectivity index is 1.36. The van der Waals surface area contributed by atoms with E-state index in [1.165, 1.54) is 11.3 Å². The lowest BCUT2D eigenvalue weighted by molar-refractivity contribution is -0.116. The van der Waals surface area contributed by atoms with Crippen molar-refractivity contribution in [3.8, 4) is 10.6 Å². The minimum absolute atomic E-state index is 0.112. The average molecular weight is 620 g/mol. The van der Waals surface area contributed by atoms with E-state index < -0.39 is 0 Å². The van der Waals surface area contributed by atoms with Gasteiger partial charge in [-0.2, -0.15) is 0 Å². The number of nitrogens with one attached hydrogen (secondary N) is 3. The Labute approximate surface area is 260 Å². The standard InChI is InChI=1S/C31H37N7O5S/c1-7-43-31(42)27-19(2)32-30(44-27)20-10-12-21(13-11-20)34-28(40)25-16-23(18-38(25)6)35-29(41)24-15-22(17-37(24)5)33-26(39)9-8-14-36(3)4/h10-13,15-18H,7-9,14H2,1-6H3,(H,33,39)(H,34,40)(H,35,41). The summed E-state index contributed by atoms with van der Waals surface area (Å²) in [6.07, 6.45) is 4.46. The number of amides is 3. The number of esters is 1. The summed E-state index contributed by atoms with van der Waals surface area (Å²) in [6, 6.07) is 10.4. The fraction of sp³-hybridized carbons (Fsp3) is 0.323. The highest BCUT2D eigenvalue weighted by molar-refractivity contribution is 7.17. The molecule has 3 heterocycles. The summed E-state index contributed by atoms with van der Waals surface area (Å²) in [5, 5.41) is 9.21. The molecule has 0 radical (unpaired) electrons. The third kappa shape index (κ3) is 7.99. The van der Waals surface area contributed by atoms with Gasteiger partial charge in [0.05, 0.1) is 23.7 Å². The molecule has 3 amide bonds. The van der Waals surface area contributed by atoms with Crippen LogP contribution in [0.2, 0.25) is 0 Å². The van der Waals surface area contributed by atoms with Crippen molar-refractivity contribution in [1.82, 2.24) is 19.0 Å². The fourth-order valence-electron chi connectivity index (χ4n) is 4.49. The van der Waals surface area contributed by atoms with Crippen LogP contribution < -0.4 is 16.0 Å². The highest BCUT2D eigenvalue weighted by atomic mass is 32.1. The molecule has 4 aromatic rings. The number of aryl methyl sites for hydroxylation is 3. The molecule has 0 bridgehead atoms. The van der Waals surface area contributed by atoms with Crippen molar-refractivity contribution >= 4 is 52.1 Å². The third-order valence-corrected chi connectivity index (χ3v) is 7.86. The quantitative estimate of drug-likeness (QED) is 0.194. The molecular weight excluding hydrogens is 582 g/mol. The maximum absolute atomic E-state index is 13.1. The van der Waals surface area contributed by atoms with Gasteiger partial charge in [0.1, 0.15) is 21.3 Å². The van der Waals surface area contributed by atoms with Crippen LogP contribution in [-0.2, 0) is 23.6 Å². The van der Waals surface area contributed by atoms with E-state index in [0.29, 0.717) is 57.1 Å². The minimum Gasteiger partial charge on any atom is -0.462 e. The van der Waals surface area contributed by atoms with Crippen LogP contribution in [0.3, 0.4) is 0 Å². The van der Waals surface area contributed by atoms with E-state index in [0.717, 1.165) is 18.5 Å². The van der Waals surface area contributed by atoms with Crippen LogP contribution in [0.1, 0.15) is 56.1 Å². The summed E-state index contributed by atoms with van der Waals surface area (Å²) >= 11 is 1.26. The lowest BCUT2D eigenvalue weighted by atomic mass is 10.2. The van der Waals surface area contributed by atoms with Gasteiger partial charge in [0.2, 0.25) is 5.91 Å². The second-order valence-electron chi connectivity index (χ2n) is 10.5. The van der Waals surface area contributed by atoms with Crippen LogP contribution in [0, 0.1) is 6.92 Å². The Kier molecular flexibility index (Phi) is 10.3. The molecule has 0 saturated carbocycles. The summed E-state index contributed by atoms with van der Waals surface area (Å²) in [5.74, 6) is -1.23. The number of thiazole rings is 1. The molecule has 0 aliphatic heterocycles. The maximum Gasteiger partial charge on any atom is 0.350 e. The molecule has 0 saturated heterocycles. The predicted molar refractivity (Wildman–Crippen MR) is 171 cm³/mol. The Morgan fingerprint density at radius 3 is 2.02 bits per heavy atom. The molecule has 12 nitrogen and oxygen atoms in total. The predicted octanol–water partition coefficient (Wildman–Crippen LogP) is 4.76. The highest BCUT2D eigenvalue weighted by Crippen LogP contribution is 2.29. The van der Waals surface area contributed by atoms with Gasteiger partial charge in [-0.15, -0.1) is 11.3 Å². The van der Waals surface area contributed by atoms with Crippen LogP contribution >= 0.6 is 11.3 Å². The summed E-state index contributed by atoms with van der Waals surface area (Å²) in [5.41, 5.74) is 3.68. The first-order valence-corrected chi connectivity index (χ1v) is 14.9. The molecule has 232 valence electrons. The summed E-state index contributed by atoms with van der Waals surface area (Å²) < 4.78 is 8.35. The summed E-state index contributed by atoms with van der Waals surface area (Å²) in [7, 11) is 7.35. The van der Waals surface area contributed by atoms with Gasteiger partial charge < -0.3 is 34.7 Å². The van der Waals surface area contributed by atoms with Crippen molar-refractivity contribution in [1.29, 1.82) is 0 Å². The van der Waals surface area contributed by atoms with Gasteiger partial charge in [-0.1, -0.05) is 0 Å². The number of benzene rings is 1. The zero-order valence-electron chi connectivity index (χ0n) is 25.7. The molecule has 44 heavy (non-hydrogen) atoms. The Bertz CT molecular complexity index is 1670. The zero-order chi connectivity index (χ0) is 32.0. The topological polar surface area (TPSA) is 140 Å². The lowest BCUT2D eigenvalue weighted by Gasteiger charge is -2.08. The second kappa shape index (κ2) is 14.1. The largest absolute Gasteiger partial charge is 0.462 e. The molecule has 0 fully saturated rings. The van der Waals surface area contributed by atoms with Gasteiger partial charge in [-0.05, 0) is 77.3 Å². The number of carbonyl (C=O) groups is 4. The number of hydrogen-bond acceptors (Lipinski definition) is 8. The van der Waals surface area contributed by atoms with Gasteiger partial charge >= 0.3 is 5.97 Å². The lowest BCUT2D eigenvalue weighted by Crippen LogP contribution is -2.17. The first kappa shape index (κ1) is 32.2. The fourth-order valence-corrected chi connectivity index (χ4v) is 5.45. The van der Waals surface area contributed by atoms with Crippen molar-refractivity contribution in [2.45, 2.75) is 26.7 Å². The van der Waals surface area contributed by atoms with Gasteiger partial charge in [0.15, 0.2) is 0 Å². The first-order chi connectivity index (χ1) is 20.9. The molecule has 0 spiro atoms. The van der Waals surface area contributed by atoms with Crippen LogP contribution in [-0.4, -0.2) is 70.0 Å². The van der Waals surface area contributed by atoms with Crippen molar-refractivity contribution in [2.24, 2.45) is 14.1 Å². The number of ether oxygens (including phenoxy) is 1. The Hall–Kier alpha value is -4.75. The summed E-state index contributed by atoms with van der Waals surface area (Å²) in [4.78, 5) is 57.4. The number of carbonyl (C=O) groups excluding carboxylic acids is 4. The molecule has 0 aliphatic carbocycles. The van der Waals surface area contributed by atoms with Gasteiger partial charge in [0, 0.05) is 44.2 Å². The zero-order valence-corrected chi connectivity index (χ0v) is 26.5. The van der Waals surface area contributed by atoms with E-state index in [1.54, 1.807) is 73.7 Å². The van der Waals surface area contributed by atoms with E-state index in [2.05, 4.69) is 20.9 Å². The van der Waals surface area contributed by atoms with Crippen molar-refractivity contribution in [3.05, 3.63) is 70.8 Å². The van der Waals surface area contributed by atoms with Crippen molar-refractivity contribution < 1.29 is 23.9 Å². The second-order valence-corrected chi connectivity index (χ2v) is 11.5. The van der Waals surface area contributed by atoms with E-state index in [-0.39, 0.29) is 23.7 Å². The first-order valence-electron chi connectivity index (χ1n) is 14.1. The van der Waals surface area contributed by atoms with Crippen molar-refractivity contribution in [2.75, 3.05) is 43.2 Å². The Morgan fingerprint density at radius 2 is 1.45 bits per heavy atom.